The summed E-state index contributed by atoms with van der Waals surface area (Å²) in [7, 11) is 0. The van der Waals surface area contributed by atoms with Crippen molar-refractivity contribution in [3.63, 3.8) is 0 Å². The molecule has 4 amide bonds. The second kappa shape index (κ2) is 9.04. The lowest BCUT2D eigenvalue weighted by Gasteiger charge is -2.27. The minimum absolute atomic E-state index is 0.115. The number of rotatable bonds is 4. The van der Waals surface area contributed by atoms with E-state index in [0.717, 1.165) is 16.9 Å². The lowest BCUT2D eigenvalue weighted by atomic mass is 9.99. The zero-order chi connectivity index (χ0) is 23.7. The highest BCUT2D eigenvalue weighted by atomic mass is 35.5. The molecule has 4 rings (SSSR count). The molecule has 5 nitrogen and oxygen atoms in total. The van der Waals surface area contributed by atoms with Crippen LogP contribution in [-0.4, -0.2) is 17.8 Å². The van der Waals surface area contributed by atoms with E-state index in [2.05, 4.69) is 37.4 Å². The van der Waals surface area contributed by atoms with Gasteiger partial charge in [-0.25, -0.2) is 9.69 Å². The number of carbonyl (C=O) groups is 3. The molecule has 3 aromatic rings. The maximum atomic E-state index is 13.1. The number of amides is 4. The molecular weight excluding hydrogens is 436 g/mol. The molecule has 0 unspecified atom stereocenters. The lowest BCUT2D eigenvalue weighted by Crippen LogP contribution is -2.54. The summed E-state index contributed by atoms with van der Waals surface area (Å²) < 4.78 is 0. The van der Waals surface area contributed by atoms with Gasteiger partial charge in [-0.05, 0) is 67.7 Å². The maximum absolute atomic E-state index is 13.1. The third-order valence-electron chi connectivity index (χ3n) is 5.49. The Morgan fingerprint density at radius 1 is 0.848 bits per heavy atom. The van der Waals surface area contributed by atoms with E-state index in [1.165, 1.54) is 28.8 Å². The second-order valence-electron chi connectivity index (χ2n) is 8.30. The number of aryl methyl sites for hydroxylation is 3. The van der Waals surface area contributed by atoms with Crippen molar-refractivity contribution in [1.82, 2.24) is 5.32 Å². The average molecular weight is 459 g/mol. The number of hydrogen-bond donors (Lipinski definition) is 1. The van der Waals surface area contributed by atoms with Gasteiger partial charge in [0.15, 0.2) is 0 Å². The smallest absolute Gasteiger partial charge is 0.273 e. The first kappa shape index (κ1) is 22.5. The fraction of sp³-hybridized carbons (Fsp3) is 0.148. The Bertz CT molecular complexity index is 1290. The van der Waals surface area contributed by atoms with Gasteiger partial charge in [0.2, 0.25) is 0 Å². The monoisotopic (exact) mass is 458 g/mol. The van der Waals surface area contributed by atoms with E-state index >= 15 is 0 Å². The summed E-state index contributed by atoms with van der Waals surface area (Å²) >= 11 is 6.07. The molecule has 0 atom stereocenters. The number of hydrogen-bond acceptors (Lipinski definition) is 3. The molecule has 1 aliphatic heterocycles. The molecule has 0 spiro atoms. The molecule has 1 fully saturated rings. The molecule has 1 aliphatic rings. The van der Waals surface area contributed by atoms with Crippen molar-refractivity contribution in [1.29, 1.82) is 0 Å². The summed E-state index contributed by atoms with van der Waals surface area (Å²) in [4.78, 5) is 39.0. The van der Waals surface area contributed by atoms with Crippen LogP contribution in [0.5, 0.6) is 0 Å². The van der Waals surface area contributed by atoms with Gasteiger partial charge < -0.3 is 0 Å². The van der Waals surface area contributed by atoms with Crippen LogP contribution >= 0.6 is 11.6 Å². The Kier molecular flexibility index (Phi) is 6.16. The van der Waals surface area contributed by atoms with Crippen molar-refractivity contribution in [3.8, 4) is 0 Å². The number of nitrogens with zero attached hydrogens (tertiary/aromatic N) is 1. The molecule has 6 heteroatoms. The summed E-state index contributed by atoms with van der Waals surface area (Å²) in [5, 5.41) is 2.63. The van der Waals surface area contributed by atoms with Crippen molar-refractivity contribution >= 4 is 41.2 Å². The number of imide groups is 2. The van der Waals surface area contributed by atoms with Gasteiger partial charge in [-0.15, -0.1) is 0 Å². The van der Waals surface area contributed by atoms with Gasteiger partial charge in [-0.3, -0.25) is 14.9 Å². The van der Waals surface area contributed by atoms with E-state index in [-0.39, 0.29) is 5.57 Å². The van der Waals surface area contributed by atoms with Gasteiger partial charge in [0.1, 0.15) is 5.57 Å². The van der Waals surface area contributed by atoms with Crippen LogP contribution in [-0.2, 0) is 16.0 Å². The van der Waals surface area contributed by atoms with Crippen LogP contribution in [0.2, 0.25) is 5.02 Å². The van der Waals surface area contributed by atoms with Crippen LogP contribution in [0.25, 0.3) is 6.08 Å². The van der Waals surface area contributed by atoms with Crippen LogP contribution in [0.4, 0.5) is 10.5 Å². The van der Waals surface area contributed by atoms with E-state index < -0.39 is 17.8 Å². The van der Waals surface area contributed by atoms with Gasteiger partial charge in [0, 0.05) is 5.02 Å². The Morgan fingerprint density at radius 3 is 2.18 bits per heavy atom. The number of barbiturate groups is 1. The summed E-state index contributed by atoms with van der Waals surface area (Å²) in [6.45, 7) is 5.92. The van der Waals surface area contributed by atoms with Crippen molar-refractivity contribution in [3.05, 3.63) is 105 Å². The quantitative estimate of drug-likeness (QED) is 0.413. The molecule has 0 bridgehead atoms. The number of urea groups is 1. The number of benzene rings is 3. The number of anilines is 1. The highest BCUT2D eigenvalue weighted by molar-refractivity contribution is 6.39. The highest BCUT2D eigenvalue weighted by Gasteiger charge is 2.37. The first-order chi connectivity index (χ1) is 15.7. The first-order valence-electron chi connectivity index (χ1n) is 10.5. The Morgan fingerprint density at radius 2 is 1.52 bits per heavy atom. The van der Waals surface area contributed by atoms with E-state index in [0.29, 0.717) is 21.8 Å². The van der Waals surface area contributed by atoms with Crippen LogP contribution < -0.4 is 10.2 Å². The summed E-state index contributed by atoms with van der Waals surface area (Å²) in [6, 6.07) is 18.3. The predicted octanol–water partition coefficient (Wildman–Crippen LogP) is 5.52. The normalized spacial score (nSPS) is 15.2. The molecule has 1 saturated heterocycles. The van der Waals surface area contributed by atoms with Crippen molar-refractivity contribution < 1.29 is 14.4 Å². The Labute approximate surface area is 197 Å². The molecule has 1 heterocycles. The molecule has 1 N–H and O–H groups in total. The third kappa shape index (κ3) is 4.89. The fourth-order valence-corrected chi connectivity index (χ4v) is 4.17. The predicted molar refractivity (Wildman–Crippen MR) is 130 cm³/mol. The summed E-state index contributed by atoms with van der Waals surface area (Å²) in [6.07, 6.45) is 2.28. The van der Waals surface area contributed by atoms with Crippen molar-refractivity contribution in [2.75, 3.05) is 4.90 Å². The Balaban J connectivity index is 1.60. The van der Waals surface area contributed by atoms with E-state index in [1.807, 2.05) is 24.3 Å². The molecule has 166 valence electrons. The summed E-state index contributed by atoms with van der Waals surface area (Å²) in [5.41, 5.74) is 6.40. The first-order valence-corrected chi connectivity index (χ1v) is 10.9. The molecule has 0 radical (unpaired) electrons. The Hall–Kier alpha value is -3.70. The van der Waals surface area contributed by atoms with E-state index in [9.17, 15) is 14.4 Å². The molecule has 0 saturated carbocycles. The van der Waals surface area contributed by atoms with Crippen LogP contribution in [0.3, 0.4) is 0 Å². The molecule has 3 aromatic carbocycles. The highest BCUT2D eigenvalue weighted by Crippen LogP contribution is 2.28. The zero-order valence-corrected chi connectivity index (χ0v) is 19.4. The standard InChI is InChI=1S/C27H23ClN2O3/c1-16-10-17(2)12-21(11-16)13-19-5-7-20(8-6-19)14-23-25(31)29-27(33)30(26(23)32)24-15-22(28)9-4-18(24)3/h4-12,14-15H,13H2,1-3H3,(H,29,31,33)/b23-14+. The van der Waals surface area contributed by atoms with E-state index in [4.69, 9.17) is 11.6 Å². The second-order valence-corrected chi connectivity index (χ2v) is 8.74. The number of carbonyl (C=O) groups excluding carboxylic acids is 3. The number of halogens is 1. The van der Waals surface area contributed by atoms with Gasteiger partial charge in [0.05, 0.1) is 5.69 Å². The van der Waals surface area contributed by atoms with Gasteiger partial charge in [-0.2, -0.15) is 0 Å². The summed E-state index contributed by atoms with van der Waals surface area (Å²) in [5.74, 6) is -1.41. The molecule has 33 heavy (non-hydrogen) atoms. The molecule has 0 aromatic heterocycles. The van der Waals surface area contributed by atoms with Crippen molar-refractivity contribution in [2.45, 2.75) is 27.2 Å². The largest absolute Gasteiger partial charge is 0.335 e. The molecular formula is C27H23ClN2O3. The number of nitrogens with one attached hydrogen (secondary N) is 1. The van der Waals surface area contributed by atoms with Crippen molar-refractivity contribution in [2.24, 2.45) is 0 Å². The van der Waals surface area contributed by atoms with Gasteiger partial charge >= 0.3 is 6.03 Å². The van der Waals surface area contributed by atoms with Crippen LogP contribution in [0.15, 0.2) is 66.2 Å². The van der Waals surface area contributed by atoms with E-state index in [1.54, 1.807) is 19.1 Å². The van der Waals surface area contributed by atoms with Gasteiger partial charge in [0.25, 0.3) is 11.8 Å². The third-order valence-corrected chi connectivity index (χ3v) is 5.73. The van der Waals surface area contributed by atoms with Crippen LogP contribution in [0, 0.1) is 20.8 Å². The zero-order valence-electron chi connectivity index (χ0n) is 18.6. The minimum atomic E-state index is -0.795. The van der Waals surface area contributed by atoms with Gasteiger partial charge in [-0.1, -0.05) is 71.3 Å². The minimum Gasteiger partial charge on any atom is -0.273 e. The SMILES string of the molecule is Cc1cc(C)cc(Cc2ccc(/C=C3\C(=O)NC(=O)N(c4cc(Cl)ccc4C)C3=O)cc2)c1. The fourth-order valence-electron chi connectivity index (χ4n) is 4.00. The molecule has 0 aliphatic carbocycles. The topological polar surface area (TPSA) is 66.5 Å². The maximum Gasteiger partial charge on any atom is 0.335 e. The van der Waals surface area contributed by atoms with Crippen LogP contribution in [0.1, 0.15) is 33.4 Å². The lowest BCUT2D eigenvalue weighted by molar-refractivity contribution is -0.122. The average Bonchev–Trinajstić information content (AvgIpc) is 2.74.